The van der Waals surface area contributed by atoms with Crippen molar-refractivity contribution in [1.29, 1.82) is 0 Å². The van der Waals surface area contributed by atoms with Gasteiger partial charge in [-0.3, -0.25) is 0 Å². The fourth-order valence-electron chi connectivity index (χ4n) is 2.77. The van der Waals surface area contributed by atoms with Crippen LogP contribution in [0.1, 0.15) is 52.5 Å². The van der Waals surface area contributed by atoms with E-state index in [1.165, 1.54) is 0 Å². The number of benzene rings is 1. The maximum Gasteiger partial charge on any atom is 0.408 e. The molecule has 0 bridgehead atoms. The largest absolute Gasteiger partial charge is 0.488 e. The lowest BCUT2D eigenvalue weighted by Gasteiger charge is -2.38. The van der Waals surface area contributed by atoms with Gasteiger partial charge in [0.05, 0.1) is 0 Å². The third-order valence-corrected chi connectivity index (χ3v) is 4.12. The second-order valence-corrected chi connectivity index (χ2v) is 7.43. The zero-order valence-electron chi connectivity index (χ0n) is 14.7. The van der Waals surface area contributed by atoms with Crippen LogP contribution < -0.4 is 10.1 Å². The van der Waals surface area contributed by atoms with Gasteiger partial charge in [-0.15, -0.1) is 0 Å². The van der Waals surface area contributed by atoms with E-state index in [1.54, 1.807) is 6.08 Å². The Morgan fingerprint density at radius 3 is 2.52 bits per heavy atom. The maximum atomic E-state index is 11.8. The summed E-state index contributed by atoms with van der Waals surface area (Å²) in [7, 11) is 0. The predicted molar refractivity (Wildman–Crippen MR) is 91.9 cm³/mol. The number of carbonyl (C=O) groups is 1. The Balaban J connectivity index is 2.12. The van der Waals surface area contributed by atoms with Gasteiger partial charge in [-0.25, -0.2) is 4.79 Å². The highest BCUT2D eigenvalue weighted by Gasteiger charge is 2.38. The van der Waals surface area contributed by atoms with E-state index in [0.29, 0.717) is 6.42 Å². The lowest BCUT2D eigenvalue weighted by Crippen LogP contribution is -2.52. The summed E-state index contributed by atoms with van der Waals surface area (Å²) in [6.07, 6.45) is 2.01. The summed E-state index contributed by atoms with van der Waals surface area (Å²) in [5, 5.41) is 2.92. The SMILES string of the molecule is C=C[C@@]1(C)C[C@H](C(C)c2ccc(OC(C)(C)C)cc2)NC(=O)O1. The van der Waals surface area contributed by atoms with Crippen LogP contribution in [-0.4, -0.2) is 23.3 Å². The third kappa shape index (κ3) is 4.50. The molecule has 4 nitrogen and oxygen atoms in total. The molecule has 1 fully saturated rings. The minimum Gasteiger partial charge on any atom is -0.488 e. The fraction of sp³-hybridized carbons (Fsp3) is 0.526. The molecule has 1 aromatic rings. The van der Waals surface area contributed by atoms with Crippen LogP contribution in [0, 0.1) is 0 Å². The average molecular weight is 317 g/mol. The second kappa shape index (κ2) is 6.26. The summed E-state index contributed by atoms with van der Waals surface area (Å²) in [6, 6.07) is 8.07. The van der Waals surface area contributed by atoms with Crippen LogP contribution in [0.3, 0.4) is 0 Å². The van der Waals surface area contributed by atoms with Crippen molar-refractivity contribution in [2.75, 3.05) is 0 Å². The van der Waals surface area contributed by atoms with Crippen molar-refractivity contribution in [3.63, 3.8) is 0 Å². The number of nitrogens with one attached hydrogen (secondary N) is 1. The van der Waals surface area contributed by atoms with Crippen LogP contribution in [0.4, 0.5) is 4.79 Å². The summed E-state index contributed by atoms with van der Waals surface area (Å²) < 4.78 is 11.2. The van der Waals surface area contributed by atoms with Crippen LogP contribution in [0.15, 0.2) is 36.9 Å². The van der Waals surface area contributed by atoms with Crippen molar-refractivity contribution in [2.45, 2.75) is 64.2 Å². The molecule has 1 unspecified atom stereocenters. The first-order chi connectivity index (χ1) is 10.6. The van der Waals surface area contributed by atoms with Crippen molar-refractivity contribution in [1.82, 2.24) is 5.32 Å². The van der Waals surface area contributed by atoms with Gasteiger partial charge in [0, 0.05) is 18.4 Å². The molecular weight excluding hydrogens is 290 g/mol. The van der Waals surface area contributed by atoms with Crippen LogP contribution in [0.2, 0.25) is 0 Å². The topological polar surface area (TPSA) is 47.6 Å². The molecule has 1 N–H and O–H groups in total. The number of ether oxygens (including phenoxy) is 2. The molecule has 0 saturated carbocycles. The molecule has 1 aliphatic heterocycles. The Kier molecular flexibility index (Phi) is 4.73. The molecule has 3 atom stereocenters. The van der Waals surface area contributed by atoms with E-state index in [4.69, 9.17) is 9.47 Å². The zero-order chi connectivity index (χ0) is 17.3. The Bertz CT molecular complexity index is 573. The molecule has 0 spiro atoms. The maximum absolute atomic E-state index is 11.8. The van der Waals surface area contributed by atoms with E-state index in [-0.39, 0.29) is 23.7 Å². The van der Waals surface area contributed by atoms with Gasteiger partial charge in [-0.05, 0) is 51.5 Å². The van der Waals surface area contributed by atoms with E-state index >= 15 is 0 Å². The smallest absolute Gasteiger partial charge is 0.408 e. The quantitative estimate of drug-likeness (QED) is 0.837. The number of cyclic esters (lactones) is 1. The van der Waals surface area contributed by atoms with E-state index < -0.39 is 5.60 Å². The fourth-order valence-corrected chi connectivity index (χ4v) is 2.77. The van der Waals surface area contributed by atoms with Crippen LogP contribution in [0.25, 0.3) is 0 Å². The summed E-state index contributed by atoms with van der Waals surface area (Å²) in [5.41, 5.74) is 0.328. The molecule has 0 aliphatic carbocycles. The predicted octanol–water partition coefficient (Wildman–Crippen LogP) is 4.41. The minimum absolute atomic E-state index is 0.00799. The molecular formula is C19H27NO3. The van der Waals surface area contributed by atoms with E-state index in [0.717, 1.165) is 11.3 Å². The van der Waals surface area contributed by atoms with Gasteiger partial charge in [0.25, 0.3) is 0 Å². The van der Waals surface area contributed by atoms with Crippen LogP contribution in [0.5, 0.6) is 5.75 Å². The third-order valence-electron chi connectivity index (χ3n) is 4.12. The van der Waals surface area contributed by atoms with Crippen molar-refractivity contribution in [3.05, 3.63) is 42.5 Å². The summed E-state index contributed by atoms with van der Waals surface area (Å²) in [4.78, 5) is 11.8. The van der Waals surface area contributed by atoms with E-state index in [1.807, 2.05) is 39.8 Å². The lowest BCUT2D eigenvalue weighted by atomic mass is 9.84. The lowest BCUT2D eigenvalue weighted by molar-refractivity contribution is 0.0170. The molecule has 2 rings (SSSR count). The van der Waals surface area contributed by atoms with Gasteiger partial charge in [-0.2, -0.15) is 0 Å². The number of amides is 1. The molecule has 1 saturated heterocycles. The number of carbonyl (C=O) groups excluding carboxylic acids is 1. The first-order valence-corrected chi connectivity index (χ1v) is 8.04. The van der Waals surface area contributed by atoms with E-state index in [9.17, 15) is 4.79 Å². The first-order valence-electron chi connectivity index (χ1n) is 8.04. The van der Waals surface area contributed by atoms with Gasteiger partial charge in [0.15, 0.2) is 0 Å². The molecule has 0 radical (unpaired) electrons. The molecule has 1 aromatic carbocycles. The normalized spacial score (nSPS) is 26.0. The number of hydrogen-bond acceptors (Lipinski definition) is 3. The Labute approximate surface area is 138 Å². The van der Waals surface area contributed by atoms with Crippen LogP contribution >= 0.6 is 0 Å². The monoisotopic (exact) mass is 317 g/mol. The molecule has 4 heteroatoms. The number of rotatable bonds is 4. The highest BCUT2D eigenvalue weighted by atomic mass is 16.6. The molecule has 1 aliphatic rings. The number of hydrogen-bond donors (Lipinski definition) is 1. The summed E-state index contributed by atoms with van der Waals surface area (Å²) in [5.74, 6) is 1.02. The Hall–Kier alpha value is -1.97. The van der Waals surface area contributed by atoms with Crippen molar-refractivity contribution in [3.8, 4) is 5.75 Å². The highest BCUT2D eigenvalue weighted by molar-refractivity contribution is 5.69. The molecule has 23 heavy (non-hydrogen) atoms. The zero-order valence-corrected chi connectivity index (χ0v) is 14.7. The number of alkyl carbamates (subject to hydrolysis) is 1. The van der Waals surface area contributed by atoms with Gasteiger partial charge in [0.1, 0.15) is 17.0 Å². The molecule has 126 valence electrons. The second-order valence-electron chi connectivity index (χ2n) is 7.43. The average Bonchev–Trinajstić information content (AvgIpc) is 2.45. The molecule has 1 heterocycles. The highest BCUT2D eigenvalue weighted by Crippen LogP contribution is 2.32. The standard InChI is InChI=1S/C19H27NO3/c1-7-19(6)12-16(20-17(21)23-19)13(2)14-8-10-15(11-9-14)22-18(3,4)5/h7-11,13,16H,1,12H2,2-6H3,(H,20,21)/t13?,16-,19+/m1/s1. The van der Waals surface area contributed by atoms with Crippen molar-refractivity contribution >= 4 is 6.09 Å². The Morgan fingerprint density at radius 2 is 2.00 bits per heavy atom. The van der Waals surface area contributed by atoms with Gasteiger partial charge >= 0.3 is 6.09 Å². The minimum atomic E-state index is -0.615. The van der Waals surface area contributed by atoms with Crippen LogP contribution in [-0.2, 0) is 4.74 Å². The van der Waals surface area contributed by atoms with E-state index in [2.05, 4.69) is 31.0 Å². The molecule has 1 amide bonds. The Morgan fingerprint density at radius 1 is 1.39 bits per heavy atom. The van der Waals surface area contributed by atoms with Crippen molar-refractivity contribution in [2.24, 2.45) is 0 Å². The summed E-state index contributed by atoms with van der Waals surface area (Å²) in [6.45, 7) is 13.9. The first kappa shape index (κ1) is 17.4. The van der Waals surface area contributed by atoms with Gasteiger partial charge in [-0.1, -0.05) is 25.6 Å². The van der Waals surface area contributed by atoms with Gasteiger partial charge < -0.3 is 14.8 Å². The molecule has 0 aromatic heterocycles. The summed E-state index contributed by atoms with van der Waals surface area (Å²) >= 11 is 0. The van der Waals surface area contributed by atoms with Crippen molar-refractivity contribution < 1.29 is 14.3 Å². The van der Waals surface area contributed by atoms with Gasteiger partial charge in [0.2, 0.25) is 0 Å².